The second kappa shape index (κ2) is 5.95. The van der Waals surface area contributed by atoms with Crippen molar-refractivity contribution >= 4 is 17.2 Å². The number of aromatic nitrogens is 1. The average molecular weight is 324 g/mol. The largest absolute Gasteiger partial charge is 0.365 e. The monoisotopic (exact) mass is 324 g/mol. The third kappa shape index (κ3) is 2.73. The van der Waals surface area contributed by atoms with E-state index < -0.39 is 0 Å². The van der Waals surface area contributed by atoms with Crippen LogP contribution in [0.2, 0.25) is 0 Å². The van der Waals surface area contributed by atoms with E-state index in [1.807, 2.05) is 18.3 Å². The molecule has 2 aromatic rings. The molecular formula is C18H20N4S. The summed E-state index contributed by atoms with van der Waals surface area (Å²) in [6.45, 7) is 4.82. The summed E-state index contributed by atoms with van der Waals surface area (Å²) in [6, 6.07) is 11.3. The molecule has 0 radical (unpaired) electrons. The summed E-state index contributed by atoms with van der Waals surface area (Å²) in [5.41, 5.74) is 1.07. The molecule has 5 heteroatoms. The second-order valence-electron chi connectivity index (χ2n) is 6.49. The summed E-state index contributed by atoms with van der Waals surface area (Å²) >= 11 is 1.51. The lowest BCUT2D eigenvalue weighted by molar-refractivity contribution is 0.0457. The van der Waals surface area contributed by atoms with Crippen LogP contribution < -0.4 is 5.32 Å². The first-order chi connectivity index (χ1) is 11.2. The highest BCUT2D eigenvalue weighted by molar-refractivity contribution is 7.16. The van der Waals surface area contributed by atoms with Crippen molar-refractivity contribution in [3.8, 4) is 16.5 Å². The van der Waals surface area contributed by atoms with Gasteiger partial charge in [0.25, 0.3) is 0 Å². The Bertz CT molecular complexity index is 720. The number of rotatable bonds is 3. The number of anilines is 1. The first-order valence-electron chi connectivity index (χ1n) is 8.21. The van der Waals surface area contributed by atoms with Crippen molar-refractivity contribution in [2.45, 2.75) is 31.8 Å². The number of hydrogen-bond donors (Lipinski definition) is 1. The van der Waals surface area contributed by atoms with Gasteiger partial charge in [0.1, 0.15) is 16.8 Å². The van der Waals surface area contributed by atoms with Crippen molar-refractivity contribution in [1.82, 2.24) is 9.88 Å². The van der Waals surface area contributed by atoms with Crippen molar-refractivity contribution in [3.63, 3.8) is 0 Å². The van der Waals surface area contributed by atoms with Crippen LogP contribution in [-0.4, -0.2) is 35.1 Å². The molecule has 1 N–H and O–H groups in total. The lowest BCUT2D eigenvalue weighted by Crippen LogP contribution is -2.59. The van der Waals surface area contributed by atoms with Crippen LogP contribution in [0, 0.1) is 17.2 Å². The molecule has 0 amide bonds. The fourth-order valence-electron chi connectivity index (χ4n) is 3.89. The summed E-state index contributed by atoms with van der Waals surface area (Å²) in [4.78, 5) is 9.01. The van der Waals surface area contributed by atoms with Crippen molar-refractivity contribution in [3.05, 3.63) is 35.3 Å². The molecule has 23 heavy (non-hydrogen) atoms. The van der Waals surface area contributed by atoms with Crippen molar-refractivity contribution in [2.24, 2.45) is 5.92 Å². The van der Waals surface area contributed by atoms with Crippen LogP contribution in [0.3, 0.4) is 0 Å². The molecule has 2 aromatic heterocycles. The Balaban J connectivity index is 1.49. The van der Waals surface area contributed by atoms with Crippen LogP contribution in [0.25, 0.3) is 10.4 Å². The van der Waals surface area contributed by atoms with E-state index in [0.717, 1.165) is 27.1 Å². The van der Waals surface area contributed by atoms with Gasteiger partial charge >= 0.3 is 0 Å². The van der Waals surface area contributed by atoms with Gasteiger partial charge in [-0.1, -0.05) is 0 Å². The molecule has 5 rings (SSSR count). The molecule has 0 aliphatic carbocycles. The van der Waals surface area contributed by atoms with Crippen LogP contribution in [0.1, 0.15) is 24.6 Å². The zero-order valence-electron chi connectivity index (χ0n) is 13.2. The minimum atomic E-state index is 0.503. The summed E-state index contributed by atoms with van der Waals surface area (Å²) in [7, 11) is 0. The van der Waals surface area contributed by atoms with Crippen LogP contribution in [0.15, 0.2) is 30.5 Å². The Labute approximate surface area is 140 Å². The van der Waals surface area contributed by atoms with E-state index in [1.54, 1.807) is 0 Å². The SMILES string of the molecule is C[C@@H]1[C@H](Nc2ccc(-c3ccc(C#N)s3)cn2)C2CCN1CC2. The number of pyridine rings is 1. The first kappa shape index (κ1) is 14.7. The summed E-state index contributed by atoms with van der Waals surface area (Å²) in [5, 5.41) is 12.6. The molecule has 2 atom stereocenters. The summed E-state index contributed by atoms with van der Waals surface area (Å²) in [6.07, 6.45) is 4.50. The van der Waals surface area contributed by atoms with Gasteiger partial charge in [-0.2, -0.15) is 5.26 Å². The number of nitrogens with zero attached hydrogens (tertiary/aromatic N) is 3. The minimum Gasteiger partial charge on any atom is -0.365 e. The Kier molecular flexibility index (Phi) is 3.80. The molecule has 4 nitrogen and oxygen atoms in total. The van der Waals surface area contributed by atoms with Crippen molar-refractivity contribution < 1.29 is 0 Å². The summed E-state index contributed by atoms with van der Waals surface area (Å²) in [5.74, 6) is 1.73. The average Bonchev–Trinajstić information content (AvgIpc) is 3.08. The van der Waals surface area contributed by atoms with E-state index in [4.69, 9.17) is 5.26 Å². The first-order valence-corrected chi connectivity index (χ1v) is 9.03. The molecule has 3 saturated heterocycles. The third-order valence-corrected chi connectivity index (χ3v) is 6.30. The number of piperidine rings is 3. The van der Waals surface area contributed by atoms with Gasteiger partial charge in [-0.25, -0.2) is 4.98 Å². The van der Waals surface area contributed by atoms with Crippen LogP contribution in [0.5, 0.6) is 0 Å². The molecule has 0 saturated carbocycles. The van der Waals surface area contributed by atoms with E-state index >= 15 is 0 Å². The Morgan fingerprint density at radius 3 is 2.70 bits per heavy atom. The van der Waals surface area contributed by atoms with Gasteiger partial charge in [0.2, 0.25) is 0 Å². The molecule has 118 valence electrons. The Morgan fingerprint density at radius 1 is 1.26 bits per heavy atom. The number of hydrogen-bond acceptors (Lipinski definition) is 5. The summed E-state index contributed by atoms with van der Waals surface area (Å²) < 4.78 is 0. The predicted molar refractivity (Wildman–Crippen MR) is 93.4 cm³/mol. The van der Waals surface area contributed by atoms with Crippen molar-refractivity contribution in [1.29, 1.82) is 5.26 Å². The van der Waals surface area contributed by atoms with E-state index in [0.29, 0.717) is 12.1 Å². The normalized spacial score (nSPS) is 29.2. The van der Waals surface area contributed by atoms with Crippen LogP contribution >= 0.6 is 11.3 Å². The van der Waals surface area contributed by atoms with Gasteiger partial charge in [-0.3, -0.25) is 4.90 Å². The van der Waals surface area contributed by atoms with E-state index in [9.17, 15) is 0 Å². The lowest BCUT2D eigenvalue weighted by Gasteiger charge is -2.50. The van der Waals surface area contributed by atoms with Gasteiger partial charge in [-0.15, -0.1) is 11.3 Å². The molecular weight excluding hydrogens is 304 g/mol. The molecule has 0 unspecified atom stereocenters. The van der Waals surface area contributed by atoms with E-state index in [2.05, 4.69) is 40.3 Å². The van der Waals surface area contributed by atoms with Gasteiger partial charge in [0, 0.05) is 28.7 Å². The van der Waals surface area contributed by atoms with Gasteiger partial charge < -0.3 is 5.32 Å². The number of fused-ring (bicyclic) bond motifs is 3. The zero-order chi connectivity index (χ0) is 15.8. The molecule has 2 bridgehead atoms. The molecule has 3 fully saturated rings. The molecule has 5 heterocycles. The third-order valence-electron chi connectivity index (χ3n) is 5.26. The maximum absolute atomic E-state index is 8.93. The topological polar surface area (TPSA) is 52.0 Å². The smallest absolute Gasteiger partial charge is 0.126 e. The highest BCUT2D eigenvalue weighted by Gasteiger charge is 2.39. The minimum absolute atomic E-state index is 0.503. The lowest BCUT2D eigenvalue weighted by atomic mass is 9.79. The highest BCUT2D eigenvalue weighted by Crippen LogP contribution is 2.34. The van der Waals surface area contributed by atoms with Crippen LogP contribution in [-0.2, 0) is 0 Å². The Morgan fingerprint density at radius 2 is 2.09 bits per heavy atom. The second-order valence-corrected chi connectivity index (χ2v) is 7.58. The van der Waals surface area contributed by atoms with E-state index in [-0.39, 0.29) is 0 Å². The van der Waals surface area contributed by atoms with Crippen LogP contribution in [0.4, 0.5) is 5.82 Å². The number of thiophene rings is 1. The zero-order valence-corrected chi connectivity index (χ0v) is 14.0. The Hall–Kier alpha value is -1.90. The number of nitriles is 1. The van der Waals surface area contributed by atoms with E-state index in [1.165, 1.54) is 37.3 Å². The standard InChI is InChI=1S/C18H20N4S/c1-12-18(13-6-8-22(12)9-7-13)21-17-5-2-14(11-20-17)16-4-3-15(10-19)23-16/h2-5,11-13,18H,6-9H2,1H3,(H,20,21)/t12-,18+/m1/s1. The van der Waals surface area contributed by atoms with Crippen molar-refractivity contribution in [2.75, 3.05) is 18.4 Å². The van der Waals surface area contributed by atoms with Gasteiger partial charge in [0.15, 0.2) is 0 Å². The molecule has 0 spiro atoms. The van der Waals surface area contributed by atoms with Gasteiger partial charge in [0.05, 0.1) is 0 Å². The predicted octanol–water partition coefficient (Wildman–Crippen LogP) is 3.58. The molecule has 3 aliphatic heterocycles. The van der Waals surface area contributed by atoms with Gasteiger partial charge in [-0.05, 0) is 63.0 Å². The molecule has 3 aliphatic rings. The molecule has 0 aromatic carbocycles. The fraction of sp³-hybridized carbons (Fsp3) is 0.444. The number of nitrogens with one attached hydrogen (secondary N) is 1. The maximum Gasteiger partial charge on any atom is 0.126 e. The maximum atomic E-state index is 8.93. The fourth-order valence-corrected chi connectivity index (χ4v) is 4.69. The highest BCUT2D eigenvalue weighted by atomic mass is 32.1. The quantitative estimate of drug-likeness (QED) is 0.937.